The van der Waals surface area contributed by atoms with Gasteiger partial charge < -0.3 is 24.8 Å². The molecule has 3 aliphatic rings. The zero-order valence-electron chi connectivity index (χ0n) is 14.8. The molecule has 0 aliphatic carbocycles. The molecule has 25 heavy (non-hydrogen) atoms. The summed E-state index contributed by atoms with van der Waals surface area (Å²) in [6.45, 7) is 9.33. The van der Waals surface area contributed by atoms with Gasteiger partial charge in [-0.3, -0.25) is 9.59 Å². The number of hydrogen-bond donors (Lipinski definition) is 1. The fourth-order valence-corrected chi connectivity index (χ4v) is 3.81. The zero-order chi connectivity index (χ0) is 18.1. The van der Waals surface area contributed by atoms with E-state index in [1.807, 2.05) is 13.8 Å². The van der Waals surface area contributed by atoms with Crippen molar-refractivity contribution in [3.05, 3.63) is 12.7 Å². The highest BCUT2D eigenvalue weighted by molar-refractivity contribution is 5.98. The third-order valence-corrected chi connectivity index (χ3v) is 4.95. The number of urea groups is 1. The molecule has 0 saturated carbocycles. The lowest BCUT2D eigenvalue weighted by Gasteiger charge is -2.48. The molecule has 3 heterocycles. The second-order valence-corrected chi connectivity index (χ2v) is 7.02. The van der Waals surface area contributed by atoms with Crippen molar-refractivity contribution in [3.63, 3.8) is 0 Å². The van der Waals surface area contributed by atoms with Crippen molar-refractivity contribution in [1.82, 2.24) is 20.0 Å². The third kappa shape index (κ3) is 3.22. The maximum Gasteiger partial charge on any atom is 0.317 e. The number of nitrogens with one attached hydrogen (secondary N) is 1. The first kappa shape index (κ1) is 17.7. The lowest BCUT2D eigenvalue weighted by atomic mass is 10.0. The smallest absolute Gasteiger partial charge is 0.317 e. The van der Waals surface area contributed by atoms with Crippen molar-refractivity contribution in [2.24, 2.45) is 0 Å². The van der Waals surface area contributed by atoms with Crippen LogP contribution in [0.4, 0.5) is 4.79 Å². The number of rotatable bonds is 4. The van der Waals surface area contributed by atoms with Crippen molar-refractivity contribution in [3.8, 4) is 0 Å². The molecule has 3 fully saturated rings. The highest BCUT2D eigenvalue weighted by atomic mass is 16.5. The minimum absolute atomic E-state index is 0.0277. The molecular weight excluding hydrogens is 324 g/mol. The van der Waals surface area contributed by atoms with Gasteiger partial charge >= 0.3 is 6.03 Å². The van der Waals surface area contributed by atoms with Crippen LogP contribution in [0.25, 0.3) is 0 Å². The number of fused-ring (bicyclic) bond motifs is 2. The minimum atomic E-state index is -0.589. The quantitative estimate of drug-likeness (QED) is 0.712. The summed E-state index contributed by atoms with van der Waals surface area (Å²) in [5.74, 6) is -0.156. The molecule has 0 aromatic heterocycles. The number of hydrogen-bond acceptors (Lipinski definition) is 4. The Kier molecular flexibility index (Phi) is 4.99. The van der Waals surface area contributed by atoms with Crippen molar-refractivity contribution in [1.29, 1.82) is 0 Å². The molecule has 0 spiro atoms. The average Bonchev–Trinajstić information content (AvgIpc) is 3.01. The Balaban J connectivity index is 1.72. The molecule has 3 rings (SSSR count). The third-order valence-electron chi connectivity index (χ3n) is 4.95. The second-order valence-electron chi connectivity index (χ2n) is 7.02. The molecule has 8 nitrogen and oxygen atoms in total. The molecule has 0 aromatic carbocycles. The number of piperazine rings is 2. The van der Waals surface area contributed by atoms with Gasteiger partial charge in [-0.2, -0.15) is 0 Å². The summed E-state index contributed by atoms with van der Waals surface area (Å²) in [6.07, 6.45) is 2.01. The van der Waals surface area contributed by atoms with Crippen molar-refractivity contribution in [2.45, 2.75) is 44.5 Å². The van der Waals surface area contributed by atoms with Crippen LogP contribution in [-0.2, 0) is 14.3 Å². The van der Waals surface area contributed by atoms with Gasteiger partial charge in [-0.1, -0.05) is 6.08 Å². The summed E-state index contributed by atoms with van der Waals surface area (Å²) in [4.78, 5) is 42.9. The first-order valence-electron chi connectivity index (χ1n) is 8.83. The second kappa shape index (κ2) is 7.03. The van der Waals surface area contributed by atoms with Crippen LogP contribution >= 0.6 is 0 Å². The van der Waals surface area contributed by atoms with Crippen LogP contribution in [0.15, 0.2) is 12.7 Å². The molecule has 3 aliphatic heterocycles. The predicted octanol–water partition coefficient (Wildman–Crippen LogP) is -0.197. The summed E-state index contributed by atoms with van der Waals surface area (Å²) in [7, 11) is 0. The molecule has 3 saturated heterocycles. The summed E-state index contributed by atoms with van der Waals surface area (Å²) >= 11 is 0. The van der Waals surface area contributed by atoms with Crippen LogP contribution in [0.5, 0.6) is 0 Å². The fourth-order valence-electron chi connectivity index (χ4n) is 3.81. The van der Waals surface area contributed by atoms with Gasteiger partial charge in [0.1, 0.15) is 12.1 Å². The van der Waals surface area contributed by atoms with Crippen molar-refractivity contribution >= 4 is 17.8 Å². The predicted molar refractivity (Wildman–Crippen MR) is 90.8 cm³/mol. The number of ether oxygens (including phenoxy) is 1. The maximum atomic E-state index is 12.9. The standard InChI is InChI=1S/C17H26N4O4/c1-4-9-25-13-5-6-21-14(13)16(23)20-8-7-19(10-12(20)15(21)22)17(24)18-11(2)3/h4,11-14H,1,5-10H2,2-3H3,(H,18,24)/t12-,13-,14+/m1/s1. The van der Waals surface area contributed by atoms with Gasteiger partial charge in [-0.15, -0.1) is 6.58 Å². The van der Waals surface area contributed by atoms with Crippen molar-refractivity contribution < 1.29 is 19.1 Å². The fraction of sp³-hybridized carbons (Fsp3) is 0.706. The monoisotopic (exact) mass is 350 g/mol. The first-order valence-corrected chi connectivity index (χ1v) is 8.83. The molecule has 0 radical (unpaired) electrons. The van der Waals surface area contributed by atoms with Crippen LogP contribution < -0.4 is 5.32 Å². The highest BCUT2D eigenvalue weighted by Crippen LogP contribution is 2.30. The van der Waals surface area contributed by atoms with E-state index in [-0.39, 0.29) is 36.5 Å². The molecule has 0 unspecified atom stereocenters. The van der Waals surface area contributed by atoms with E-state index in [4.69, 9.17) is 4.74 Å². The van der Waals surface area contributed by atoms with E-state index in [1.165, 1.54) is 0 Å². The van der Waals surface area contributed by atoms with E-state index in [1.54, 1.807) is 20.8 Å². The Morgan fingerprint density at radius 2 is 2.04 bits per heavy atom. The van der Waals surface area contributed by atoms with E-state index >= 15 is 0 Å². The lowest BCUT2D eigenvalue weighted by molar-refractivity contribution is -0.165. The van der Waals surface area contributed by atoms with Gasteiger partial charge in [-0.05, 0) is 20.3 Å². The van der Waals surface area contributed by atoms with Crippen LogP contribution in [0.2, 0.25) is 0 Å². The van der Waals surface area contributed by atoms with Crippen molar-refractivity contribution in [2.75, 3.05) is 32.8 Å². The largest absolute Gasteiger partial charge is 0.371 e. The Labute approximate surface area is 147 Å². The maximum absolute atomic E-state index is 12.9. The molecule has 4 amide bonds. The number of carbonyl (C=O) groups is 3. The molecule has 0 aromatic rings. The van der Waals surface area contributed by atoms with E-state index in [2.05, 4.69) is 11.9 Å². The van der Waals surface area contributed by atoms with Gasteiger partial charge in [0.15, 0.2) is 0 Å². The SMILES string of the molecule is C=CCO[C@@H]1CCN2C(=O)[C@H]3CN(C(=O)NC(C)C)CCN3C(=O)[C@H]12. The van der Waals surface area contributed by atoms with Gasteiger partial charge in [-0.25, -0.2) is 4.79 Å². The zero-order valence-corrected chi connectivity index (χ0v) is 14.8. The number of carbonyl (C=O) groups excluding carboxylic acids is 3. The normalized spacial score (nSPS) is 28.9. The number of nitrogens with zero attached hydrogens (tertiary/aromatic N) is 3. The summed E-state index contributed by atoms with van der Waals surface area (Å²) in [6, 6.07) is -1.29. The van der Waals surface area contributed by atoms with Gasteiger partial charge in [0.25, 0.3) is 0 Å². The molecule has 8 heteroatoms. The van der Waals surface area contributed by atoms with Crippen LogP contribution in [-0.4, -0.2) is 89.6 Å². The van der Waals surface area contributed by atoms with Gasteiger partial charge in [0, 0.05) is 25.7 Å². The van der Waals surface area contributed by atoms with Crippen LogP contribution in [0, 0.1) is 0 Å². The minimum Gasteiger partial charge on any atom is -0.371 e. The van der Waals surface area contributed by atoms with Gasteiger partial charge in [0.05, 0.1) is 19.3 Å². The molecule has 1 N–H and O–H groups in total. The Bertz CT molecular complexity index is 579. The average molecular weight is 350 g/mol. The Morgan fingerprint density at radius 3 is 2.72 bits per heavy atom. The summed E-state index contributed by atoms with van der Waals surface area (Å²) < 4.78 is 5.69. The number of amides is 4. The van der Waals surface area contributed by atoms with E-state index in [0.29, 0.717) is 32.7 Å². The van der Waals surface area contributed by atoms with Crippen LogP contribution in [0.1, 0.15) is 20.3 Å². The Morgan fingerprint density at radius 1 is 1.28 bits per heavy atom. The summed E-state index contributed by atoms with van der Waals surface area (Å²) in [5, 5.41) is 2.84. The molecule has 138 valence electrons. The topological polar surface area (TPSA) is 82.2 Å². The molecule has 3 atom stereocenters. The highest BCUT2D eigenvalue weighted by Gasteiger charge is 2.53. The molecular formula is C17H26N4O4. The summed E-state index contributed by atoms with van der Waals surface area (Å²) in [5.41, 5.74) is 0. The Hall–Kier alpha value is -2.09. The van der Waals surface area contributed by atoms with E-state index in [0.717, 1.165) is 0 Å². The first-order chi connectivity index (χ1) is 11.9. The van der Waals surface area contributed by atoms with E-state index < -0.39 is 12.1 Å². The van der Waals surface area contributed by atoms with Crippen LogP contribution in [0.3, 0.4) is 0 Å². The van der Waals surface area contributed by atoms with E-state index in [9.17, 15) is 14.4 Å². The molecule has 0 bridgehead atoms. The lowest BCUT2D eigenvalue weighted by Crippen LogP contribution is -2.71. The van der Waals surface area contributed by atoms with Gasteiger partial charge in [0.2, 0.25) is 11.8 Å².